The number of carbonyl (C=O) groups is 1. The summed E-state index contributed by atoms with van der Waals surface area (Å²) in [5.74, 6) is 0.120. The van der Waals surface area contributed by atoms with Crippen LogP contribution in [-0.4, -0.2) is 56.3 Å². The first kappa shape index (κ1) is 19.3. The molecule has 26 heavy (non-hydrogen) atoms. The van der Waals surface area contributed by atoms with Crippen LogP contribution in [0.25, 0.3) is 0 Å². The Morgan fingerprint density at radius 3 is 2.19 bits per heavy atom. The van der Waals surface area contributed by atoms with Crippen molar-refractivity contribution in [3.8, 4) is 0 Å². The predicted molar refractivity (Wildman–Crippen MR) is 101 cm³/mol. The first-order valence-corrected chi connectivity index (χ1v) is 10.9. The maximum Gasteiger partial charge on any atom is 0.243 e. The molecule has 0 spiro atoms. The van der Waals surface area contributed by atoms with Crippen LogP contribution < -0.4 is 5.73 Å². The van der Waals surface area contributed by atoms with Gasteiger partial charge in [0.2, 0.25) is 15.9 Å². The van der Waals surface area contributed by atoms with Gasteiger partial charge in [0, 0.05) is 32.6 Å². The molecular weight excluding hydrogens is 350 g/mol. The summed E-state index contributed by atoms with van der Waals surface area (Å²) in [4.78, 5) is 14.9. The average Bonchev–Trinajstić information content (AvgIpc) is 2.69. The molecule has 1 heterocycles. The Balaban J connectivity index is 1.59. The van der Waals surface area contributed by atoms with Gasteiger partial charge in [0.1, 0.15) is 0 Å². The lowest BCUT2D eigenvalue weighted by atomic mass is 9.71. The van der Waals surface area contributed by atoms with Gasteiger partial charge in [-0.3, -0.25) is 4.79 Å². The SMILES string of the molecule is NCC1(CC(=O)N2CCN(S(=O)(=O)c3ccccc3)CC2)CCCCC1. The Kier molecular flexibility index (Phi) is 5.99. The highest BCUT2D eigenvalue weighted by molar-refractivity contribution is 7.89. The van der Waals surface area contributed by atoms with E-state index in [9.17, 15) is 13.2 Å². The minimum absolute atomic E-state index is 0.0530. The highest BCUT2D eigenvalue weighted by atomic mass is 32.2. The molecule has 2 fully saturated rings. The fraction of sp³-hybridized carbons (Fsp3) is 0.632. The molecule has 1 aromatic rings. The quantitative estimate of drug-likeness (QED) is 0.846. The number of piperazine rings is 1. The largest absolute Gasteiger partial charge is 0.340 e. The highest BCUT2D eigenvalue weighted by Crippen LogP contribution is 2.38. The lowest BCUT2D eigenvalue weighted by Crippen LogP contribution is -2.51. The van der Waals surface area contributed by atoms with Crippen molar-refractivity contribution in [3.63, 3.8) is 0 Å². The van der Waals surface area contributed by atoms with E-state index in [-0.39, 0.29) is 11.3 Å². The molecule has 0 radical (unpaired) electrons. The third kappa shape index (κ3) is 4.10. The van der Waals surface area contributed by atoms with Crippen molar-refractivity contribution in [1.82, 2.24) is 9.21 Å². The van der Waals surface area contributed by atoms with Crippen LogP contribution in [0.1, 0.15) is 38.5 Å². The minimum atomic E-state index is -3.48. The molecule has 1 saturated heterocycles. The summed E-state index contributed by atoms with van der Waals surface area (Å²) in [7, 11) is -3.48. The molecule has 7 heteroatoms. The molecule has 2 aliphatic rings. The second kappa shape index (κ2) is 8.06. The summed E-state index contributed by atoms with van der Waals surface area (Å²) in [5.41, 5.74) is 5.95. The molecule has 0 aromatic heterocycles. The van der Waals surface area contributed by atoms with E-state index in [1.807, 2.05) is 4.90 Å². The number of benzene rings is 1. The number of carbonyl (C=O) groups excluding carboxylic acids is 1. The van der Waals surface area contributed by atoms with Crippen LogP contribution in [0.4, 0.5) is 0 Å². The zero-order chi connectivity index (χ0) is 18.6. The van der Waals surface area contributed by atoms with Gasteiger partial charge in [-0.2, -0.15) is 4.31 Å². The second-order valence-electron chi connectivity index (χ2n) is 7.54. The van der Waals surface area contributed by atoms with Crippen LogP contribution in [0.15, 0.2) is 35.2 Å². The third-order valence-electron chi connectivity index (χ3n) is 5.85. The van der Waals surface area contributed by atoms with Crippen molar-refractivity contribution in [2.45, 2.75) is 43.4 Å². The van der Waals surface area contributed by atoms with Gasteiger partial charge < -0.3 is 10.6 Å². The highest BCUT2D eigenvalue weighted by Gasteiger charge is 2.36. The van der Waals surface area contributed by atoms with Gasteiger partial charge in [-0.1, -0.05) is 37.5 Å². The summed E-state index contributed by atoms with van der Waals surface area (Å²) in [6.45, 7) is 2.15. The third-order valence-corrected chi connectivity index (χ3v) is 7.76. The number of hydrogen-bond donors (Lipinski definition) is 1. The minimum Gasteiger partial charge on any atom is -0.340 e. The van der Waals surface area contributed by atoms with Gasteiger partial charge in [0.05, 0.1) is 4.90 Å². The van der Waals surface area contributed by atoms with Crippen LogP contribution in [0.5, 0.6) is 0 Å². The number of nitrogens with zero attached hydrogens (tertiary/aromatic N) is 2. The topological polar surface area (TPSA) is 83.7 Å². The van der Waals surface area contributed by atoms with E-state index in [4.69, 9.17) is 5.73 Å². The summed E-state index contributed by atoms with van der Waals surface area (Å²) in [5, 5.41) is 0. The van der Waals surface area contributed by atoms with Crippen molar-refractivity contribution in [2.75, 3.05) is 32.7 Å². The van der Waals surface area contributed by atoms with Crippen molar-refractivity contribution < 1.29 is 13.2 Å². The fourth-order valence-corrected chi connectivity index (χ4v) is 5.55. The summed E-state index contributed by atoms with van der Waals surface area (Å²) in [6.07, 6.45) is 6.07. The molecule has 6 nitrogen and oxygen atoms in total. The van der Waals surface area contributed by atoms with E-state index in [2.05, 4.69) is 0 Å². The molecule has 3 rings (SSSR count). The molecule has 0 bridgehead atoms. The zero-order valence-electron chi connectivity index (χ0n) is 15.3. The normalized spacial score (nSPS) is 21.5. The van der Waals surface area contributed by atoms with E-state index in [0.717, 1.165) is 25.7 Å². The fourth-order valence-electron chi connectivity index (χ4n) is 4.11. The van der Waals surface area contributed by atoms with E-state index in [1.54, 1.807) is 30.3 Å². The molecule has 2 N–H and O–H groups in total. The molecule has 1 aromatic carbocycles. The van der Waals surface area contributed by atoms with Crippen LogP contribution in [0.2, 0.25) is 0 Å². The van der Waals surface area contributed by atoms with Crippen LogP contribution in [-0.2, 0) is 14.8 Å². The molecule has 1 aliphatic carbocycles. The smallest absolute Gasteiger partial charge is 0.243 e. The molecule has 1 saturated carbocycles. The molecule has 1 aliphatic heterocycles. The first-order valence-electron chi connectivity index (χ1n) is 9.50. The van der Waals surface area contributed by atoms with E-state index in [1.165, 1.54) is 10.7 Å². The Morgan fingerprint density at radius 2 is 1.62 bits per heavy atom. The van der Waals surface area contributed by atoms with Crippen molar-refractivity contribution >= 4 is 15.9 Å². The Hall–Kier alpha value is -1.44. The van der Waals surface area contributed by atoms with Gasteiger partial charge in [-0.15, -0.1) is 0 Å². The summed E-state index contributed by atoms with van der Waals surface area (Å²) >= 11 is 0. The first-order chi connectivity index (χ1) is 12.5. The van der Waals surface area contributed by atoms with Crippen LogP contribution >= 0.6 is 0 Å². The van der Waals surface area contributed by atoms with E-state index >= 15 is 0 Å². The van der Waals surface area contributed by atoms with Gasteiger partial charge >= 0.3 is 0 Å². The standard InChI is InChI=1S/C19H29N3O3S/c20-16-19(9-5-2-6-10-19)15-18(23)21-11-13-22(14-12-21)26(24,25)17-7-3-1-4-8-17/h1,3-4,7-8H,2,5-6,9-16,20H2. The summed E-state index contributed by atoms with van der Waals surface area (Å²) < 4.78 is 26.8. The monoisotopic (exact) mass is 379 g/mol. The van der Waals surface area contributed by atoms with Gasteiger partial charge in [-0.25, -0.2) is 8.42 Å². The van der Waals surface area contributed by atoms with Gasteiger partial charge in [0.15, 0.2) is 0 Å². The number of rotatable bonds is 5. The lowest BCUT2D eigenvalue weighted by molar-refractivity contribution is -0.135. The van der Waals surface area contributed by atoms with E-state index in [0.29, 0.717) is 44.0 Å². The molecule has 0 unspecified atom stereocenters. The lowest BCUT2D eigenvalue weighted by Gasteiger charge is -2.39. The molecular formula is C19H29N3O3S. The number of nitrogens with two attached hydrogens (primary N) is 1. The number of amides is 1. The maximum absolute atomic E-state index is 12.8. The zero-order valence-corrected chi connectivity index (χ0v) is 16.1. The predicted octanol–water partition coefficient (Wildman–Crippen LogP) is 1.82. The molecule has 0 atom stereocenters. The van der Waals surface area contributed by atoms with Gasteiger partial charge in [-0.05, 0) is 36.9 Å². The van der Waals surface area contributed by atoms with Crippen molar-refractivity contribution in [3.05, 3.63) is 30.3 Å². The Bertz CT molecular complexity index is 707. The summed E-state index contributed by atoms with van der Waals surface area (Å²) in [6, 6.07) is 8.47. The average molecular weight is 380 g/mol. The van der Waals surface area contributed by atoms with Gasteiger partial charge in [0.25, 0.3) is 0 Å². The van der Waals surface area contributed by atoms with Crippen LogP contribution in [0, 0.1) is 5.41 Å². The van der Waals surface area contributed by atoms with Crippen molar-refractivity contribution in [2.24, 2.45) is 11.1 Å². The van der Waals surface area contributed by atoms with Crippen LogP contribution in [0.3, 0.4) is 0 Å². The Labute approximate surface area is 156 Å². The molecule has 1 amide bonds. The number of hydrogen-bond acceptors (Lipinski definition) is 4. The van der Waals surface area contributed by atoms with E-state index < -0.39 is 10.0 Å². The maximum atomic E-state index is 12.8. The molecule has 144 valence electrons. The number of sulfonamides is 1. The second-order valence-corrected chi connectivity index (χ2v) is 9.48. The Morgan fingerprint density at radius 1 is 1.00 bits per heavy atom. The van der Waals surface area contributed by atoms with Crippen molar-refractivity contribution in [1.29, 1.82) is 0 Å².